The zero-order valence-electron chi connectivity index (χ0n) is 10.7. The number of aromatic nitrogens is 1. The highest BCUT2D eigenvalue weighted by molar-refractivity contribution is 5.95. The SMILES string of the molecule is Cc1ccc([N+](=O)[O-])cc1Oc1cc(C(=N)N)ccn1. The van der Waals surface area contributed by atoms with E-state index < -0.39 is 4.92 Å². The molecule has 0 aliphatic heterocycles. The van der Waals surface area contributed by atoms with Gasteiger partial charge in [0.15, 0.2) is 0 Å². The maximum atomic E-state index is 10.8. The third-order valence-electron chi connectivity index (χ3n) is 2.64. The summed E-state index contributed by atoms with van der Waals surface area (Å²) in [5, 5.41) is 18.1. The number of aryl methyl sites for hydroxylation is 1. The number of non-ortho nitro benzene ring substituents is 1. The Bertz CT molecular complexity index is 685. The number of rotatable bonds is 4. The number of nitrogens with one attached hydrogen (secondary N) is 1. The van der Waals surface area contributed by atoms with Crippen LogP contribution in [-0.2, 0) is 0 Å². The van der Waals surface area contributed by atoms with E-state index in [2.05, 4.69) is 4.98 Å². The van der Waals surface area contributed by atoms with Gasteiger partial charge < -0.3 is 10.5 Å². The number of nitro groups is 1. The van der Waals surface area contributed by atoms with Crippen LogP contribution in [0.5, 0.6) is 11.6 Å². The molecule has 7 nitrogen and oxygen atoms in total. The largest absolute Gasteiger partial charge is 0.438 e. The molecule has 1 aromatic heterocycles. The molecule has 3 N–H and O–H groups in total. The van der Waals surface area contributed by atoms with Crippen molar-refractivity contribution >= 4 is 11.5 Å². The first-order valence-electron chi connectivity index (χ1n) is 5.70. The van der Waals surface area contributed by atoms with Crippen LogP contribution in [0.3, 0.4) is 0 Å². The minimum absolute atomic E-state index is 0.0617. The van der Waals surface area contributed by atoms with Crippen molar-refractivity contribution in [2.45, 2.75) is 6.92 Å². The number of pyridine rings is 1. The minimum atomic E-state index is -0.494. The van der Waals surface area contributed by atoms with Gasteiger partial charge in [0.25, 0.3) is 5.69 Å². The number of nitrogens with two attached hydrogens (primary N) is 1. The molecule has 0 fully saturated rings. The number of ether oxygens (including phenoxy) is 1. The van der Waals surface area contributed by atoms with Gasteiger partial charge in [0.05, 0.1) is 11.0 Å². The fourth-order valence-electron chi connectivity index (χ4n) is 1.56. The summed E-state index contributed by atoms with van der Waals surface area (Å²) in [6, 6.07) is 7.41. The molecule has 0 radical (unpaired) electrons. The van der Waals surface area contributed by atoms with Crippen LogP contribution in [-0.4, -0.2) is 15.7 Å². The molecule has 0 saturated carbocycles. The summed E-state index contributed by atoms with van der Waals surface area (Å²) in [7, 11) is 0. The molecule has 102 valence electrons. The van der Waals surface area contributed by atoms with E-state index in [0.29, 0.717) is 11.3 Å². The Morgan fingerprint density at radius 2 is 2.15 bits per heavy atom. The van der Waals surface area contributed by atoms with Gasteiger partial charge in [-0.2, -0.15) is 0 Å². The maximum Gasteiger partial charge on any atom is 0.273 e. The van der Waals surface area contributed by atoms with Crippen molar-refractivity contribution in [3.05, 3.63) is 57.8 Å². The van der Waals surface area contributed by atoms with E-state index in [-0.39, 0.29) is 17.4 Å². The molecule has 0 amide bonds. The number of nitrogen functional groups attached to an aromatic ring is 1. The zero-order chi connectivity index (χ0) is 14.7. The van der Waals surface area contributed by atoms with Crippen molar-refractivity contribution in [2.24, 2.45) is 5.73 Å². The van der Waals surface area contributed by atoms with Crippen LogP contribution in [0, 0.1) is 22.4 Å². The first-order chi connectivity index (χ1) is 9.47. The van der Waals surface area contributed by atoms with E-state index in [1.807, 2.05) is 0 Å². The molecule has 0 aliphatic carbocycles. The minimum Gasteiger partial charge on any atom is -0.438 e. The van der Waals surface area contributed by atoms with Crippen molar-refractivity contribution < 1.29 is 9.66 Å². The Labute approximate surface area is 114 Å². The lowest BCUT2D eigenvalue weighted by molar-refractivity contribution is -0.384. The second-order valence-corrected chi connectivity index (χ2v) is 4.11. The first-order valence-corrected chi connectivity index (χ1v) is 5.70. The lowest BCUT2D eigenvalue weighted by atomic mass is 10.2. The number of nitrogens with zero attached hydrogens (tertiary/aromatic N) is 2. The standard InChI is InChI=1S/C13H12N4O3/c1-8-2-3-10(17(18)19)7-11(8)20-12-6-9(13(14)15)4-5-16-12/h2-7H,1H3,(H3,14,15). The Balaban J connectivity index is 2.34. The summed E-state index contributed by atoms with van der Waals surface area (Å²) in [4.78, 5) is 14.2. The van der Waals surface area contributed by atoms with Gasteiger partial charge >= 0.3 is 0 Å². The van der Waals surface area contributed by atoms with Crippen LogP contribution in [0.15, 0.2) is 36.5 Å². The maximum absolute atomic E-state index is 10.8. The number of hydrogen-bond acceptors (Lipinski definition) is 5. The summed E-state index contributed by atoms with van der Waals surface area (Å²) >= 11 is 0. The van der Waals surface area contributed by atoms with Crippen LogP contribution in [0.1, 0.15) is 11.1 Å². The van der Waals surface area contributed by atoms with E-state index in [4.69, 9.17) is 15.9 Å². The highest BCUT2D eigenvalue weighted by Gasteiger charge is 2.11. The smallest absolute Gasteiger partial charge is 0.273 e. The second-order valence-electron chi connectivity index (χ2n) is 4.11. The van der Waals surface area contributed by atoms with Crippen LogP contribution < -0.4 is 10.5 Å². The molecule has 0 spiro atoms. The Hall–Kier alpha value is -2.96. The predicted molar refractivity (Wildman–Crippen MR) is 73.2 cm³/mol. The molecule has 0 unspecified atom stereocenters. The molecular weight excluding hydrogens is 260 g/mol. The van der Waals surface area contributed by atoms with Crippen LogP contribution >= 0.6 is 0 Å². The van der Waals surface area contributed by atoms with E-state index >= 15 is 0 Å². The van der Waals surface area contributed by atoms with Gasteiger partial charge in [-0.05, 0) is 24.6 Å². The van der Waals surface area contributed by atoms with E-state index in [1.165, 1.54) is 24.4 Å². The molecule has 0 bridgehead atoms. The van der Waals surface area contributed by atoms with Gasteiger partial charge in [-0.3, -0.25) is 15.5 Å². The van der Waals surface area contributed by atoms with E-state index in [0.717, 1.165) is 5.56 Å². The summed E-state index contributed by atoms with van der Waals surface area (Å²) in [6.07, 6.45) is 1.46. The van der Waals surface area contributed by atoms with Gasteiger partial charge in [0.1, 0.15) is 11.6 Å². The van der Waals surface area contributed by atoms with Crippen molar-refractivity contribution in [1.82, 2.24) is 4.98 Å². The van der Waals surface area contributed by atoms with Crippen LogP contribution in [0.2, 0.25) is 0 Å². The quantitative estimate of drug-likeness (QED) is 0.383. The van der Waals surface area contributed by atoms with Gasteiger partial charge in [-0.15, -0.1) is 0 Å². The third-order valence-corrected chi connectivity index (χ3v) is 2.64. The van der Waals surface area contributed by atoms with Crippen molar-refractivity contribution in [3.63, 3.8) is 0 Å². The molecule has 2 rings (SSSR count). The molecule has 2 aromatic rings. The second kappa shape index (κ2) is 5.35. The zero-order valence-corrected chi connectivity index (χ0v) is 10.7. The molecule has 20 heavy (non-hydrogen) atoms. The molecule has 1 heterocycles. The molecule has 0 atom stereocenters. The fraction of sp³-hybridized carbons (Fsp3) is 0.0769. The van der Waals surface area contributed by atoms with Crippen molar-refractivity contribution in [3.8, 4) is 11.6 Å². The van der Waals surface area contributed by atoms with Gasteiger partial charge in [-0.25, -0.2) is 4.98 Å². The van der Waals surface area contributed by atoms with Gasteiger partial charge in [0, 0.05) is 23.9 Å². The monoisotopic (exact) mass is 272 g/mol. The average molecular weight is 272 g/mol. The van der Waals surface area contributed by atoms with Crippen LogP contribution in [0.4, 0.5) is 5.69 Å². The highest BCUT2D eigenvalue weighted by atomic mass is 16.6. The fourth-order valence-corrected chi connectivity index (χ4v) is 1.56. The predicted octanol–water partition coefficient (Wildman–Crippen LogP) is 2.37. The Morgan fingerprint density at radius 1 is 1.40 bits per heavy atom. The first kappa shape index (κ1) is 13.5. The number of amidine groups is 1. The molecule has 7 heteroatoms. The van der Waals surface area contributed by atoms with E-state index in [1.54, 1.807) is 19.1 Å². The third kappa shape index (κ3) is 2.89. The molecule has 1 aromatic carbocycles. The van der Waals surface area contributed by atoms with Crippen LogP contribution in [0.25, 0.3) is 0 Å². The average Bonchev–Trinajstić information content (AvgIpc) is 2.41. The topological polar surface area (TPSA) is 115 Å². The Morgan fingerprint density at radius 3 is 2.80 bits per heavy atom. The summed E-state index contributed by atoms with van der Waals surface area (Å²) in [5.41, 5.74) is 6.53. The van der Waals surface area contributed by atoms with Gasteiger partial charge in [-0.1, -0.05) is 0 Å². The highest BCUT2D eigenvalue weighted by Crippen LogP contribution is 2.28. The number of nitro benzene ring substituents is 1. The summed E-state index contributed by atoms with van der Waals surface area (Å²) < 4.78 is 5.52. The Kier molecular flexibility index (Phi) is 3.60. The number of benzene rings is 1. The summed E-state index contributed by atoms with van der Waals surface area (Å²) in [5.74, 6) is 0.460. The van der Waals surface area contributed by atoms with Crippen molar-refractivity contribution in [2.75, 3.05) is 0 Å². The van der Waals surface area contributed by atoms with Crippen molar-refractivity contribution in [1.29, 1.82) is 5.41 Å². The molecule has 0 saturated heterocycles. The molecular formula is C13H12N4O3. The lowest BCUT2D eigenvalue weighted by Crippen LogP contribution is -2.11. The lowest BCUT2D eigenvalue weighted by Gasteiger charge is -2.08. The molecule has 0 aliphatic rings. The number of hydrogen-bond donors (Lipinski definition) is 2. The summed E-state index contributed by atoms with van der Waals surface area (Å²) in [6.45, 7) is 1.77. The normalized spacial score (nSPS) is 10.1. The van der Waals surface area contributed by atoms with Gasteiger partial charge in [0.2, 0.25) is 5.88 Å². The van der Waals surface area contributed by atoms with E-state index in [9.17, 15) is 10.1 Å².